The molecule has 0 aromatic carbocycles. The monoisotopic (exact) mass is 343 g/mol. The fourth-order valence-electron chi connectivity index (χ4n) is 3.44. The van der Waals surface area contributed by atoms with Crippen LogP contribution in [0.15, 0.2) is 35.8 Å². The van der Waals surface area contributed by atoms with Crippen molar-refractivity contribution < 1.29 is 9.53 Å². The Balaban J connectivity index is 1.49. The summed E-state index contributed by atoms with van der Waals surface area (Å²) in [6.07, 6.45) is 3.83. The second-order valence-corrected chi connectivity index (χ2v) is 7.16. The van der Waals surface area contributed by atoms with Gasteiger partial charge < -0.3 is 14.5 Å². The predicted octanol–water partition coefficient (Wildman–Crippen LogP) is 2.96. The molecule has 2 aromatic rings. The molecule has 24 heavy (non-hydrogen) atoms. The van der Waals surface area contributed by atoms with Crippen molar-refractivity contribution in [3.8, 4) is 0 Å². The van der Waals surface area contributed by atoms with Gasteiger partial charge in [-0.1, -0.05) is 6.07 Å². The Morgan fingerprint density at radius 1 is 1.21 bits per heavy atom. The lowest BCUT2D eigenvalue weighted by Crippen LogP contribution is -2.36. The zero-order valence-electron chi connectivity index (χ0n) is 13.6. The topological polar surface area (TPSA) is 45.7 Å². The van der Waals surface area contributed by atoms with Gasteiger partial charge in [0, 0.05) is 30.7 Å². The molecule has 2 saturated heterocycles. The average molecular weight is 343 g/mol. The molecule has 1 amide bonds. The first-order valence-electron chi connectivity index (χ1n) is 8.46. The number of carbonyl (C=O) groups is 1. The molecule has 6 heteroatoms. The quantitative estimate of drug-likeness (QED) is 0.860. The first-order chi connectivity index (χ1) is 11.8. The number of amides is 1. The van der Waals surface area contributed by atoms with E-state index in [1.54, 1.807) is 17.5 Å². The largest absolute Gasteiger partial charge is 0.378 e. The Labute approximate surface area is 145 Å². The minimum Gasteiger partial charge on any atom is -0.378 e. The normalized spacial score (nSPS) is 21.2. The highest BCUT2D eigenvalue weighted by atomic mass is 32.1. The third-order valence-electron chi connectivity index (χ3n) is 4.72. The van der Waals surface area contributed by atoms with E-state index in [2.05, 4.69) is 27.4 Å². The molecule has 2 fully saturated rings. The molecule has 2 aliphatic heterocycles. The lowest BCUT2D eigenvalue weighted by Gasteiger charge is -2.28. The minimum absolute atomic E-state index is 0.0897. The van der Waals surface area contributed by atoms with E-state index in [0.29, 0.717) is 5.56 Å². The summed E-state index contributed by atoms with van der Waals surface area (Å²) in [5.41, 5.74) is 0.676. The summed E-state index contributed by atoms with van der Waals surface area (Å²) in [5.74, 6) is 1.01. The first-order valence-corrected chi connectivity index (χ1v) is 9.34. The number of carbonyl (C=O) groups excluding carboxylic acids is 1. The SMILES string of the molecule is O=C(c1ccc(N2CCOCC2)nc1)N1CCCC1c1cccs1. The standard InChI is InChI=1S/C18H21N3O2S/c22-18(21-7-1-3-15(21)16-4-2-12-24-16)14-5-6-17(19-13-14)20-8-10-23-11-9-20/h2,4-6,12-13,15H,1,3,7-11H2. The van der Waals surface area contributed by atoms with Crippen LogP contribution in [0.25, 0.3) is 0 Å². The van der Waals surface area contributed by atoms with Crippen molar-refractivity contribution in [1.82, 2.24) is 9.88 Å². The molecule has 0 bridgehead atoms. The summed E-state index contributed by atoms with van der Waals surface area (Å²) in [5, 5.41) is 2.08. The van der Waals surface area contributed by atoms with Crippen LogP contribution in [0, 0.1) is 0 Å². The highest BCUT2D eigenvalue weighted by Gasteiger charge is 2.31. The van der Waals surface area contributed by atoms with Crippen LogP contribution in [0.5, 0.6) is 0 Å². The van der Waals surface area contributed by atoms with Crippen LogP contribution >= 0.6 is 11.3 Å². The highest BCUT2D eigenvalue weighted by Crippen LogP contribution is 2.35. The number of rotatable bonds is 3. The van der Waals surface area contributed by atoms with Crippen molar-refractivity contribution >= 4 is 23.1 Å². The van der Waals surface area contributed by atoms with Crippen molar-refractivity contribution in [1.29, 1.82) is 0 Å². The molecule has 126 valence electrons. The summed E-state index contributed by atoms with van der Waals surface area (Å²) in [6.45, 7) is 4.00. The maximum Gasteiger partial charge on any atom is 0.255 e. The van der Waals surface area contributed by atoms with Gasteiger partial charge in [-0.3, -0.25) is 4.79 Å². The van der Waals surface area contributed by atoms with E-state index in [4.69, 9.17) is 4.74 Å². The molecule has 1 atom stereocenters. The maximum atomic E-state index is 12.9. The number of aromatic nitrogens is 1. The molecule has 0 radical (unpaired) electrons. The second kappa shape index (κ2) is 6.91. The van der Waals surface area contributed by atoms with Gasteiger partial charge >= 0.3 is 0 Å². The summed E-state index contributed by atoms with van der Waals surface area (Å²) >= 11 is 1.73. The lowest BCUT2D eigenvalue weighted by atomic mass is 10.1. The van der Waals surface area contributed by atoms with Gasteiger partial charge in [-0.2, -0.15) is 0 Å². The third-order valence-corrected chi connectivity index (χ3v) is 5.69. The van der Waals surface area contributed by atoms with Gasteiger partial charge in [-0.05, 0) is 36.4 Å². The van der Waals surface area contributed by atoms with Crippen LogP contribution in [-0.2, 0) is 4.74 Å². The van der Waals surface area contributed by atoms with Crippen molar-refractivity contribution in [2.45, 2.75) is 18.9 Å². The number of anilines is 1. The summed E-state index contributed by atoms with van der Waals surface area (Å²) in [7, 11) is 0. The first kappa shape index (κ1) is 15.6. The van der Waals surface area contributed by atoms with Gasteiger partial charge in [0.15, 0.2) is 0 Å². The van der Waals surface area contributed by atoms with Crippen LogP contribution in [0.3, 0.4) is 0 Å². The molecule has 2 aliphatic rings. The molecule has 0 spiro atoms. The average Bonchev–Trinajstić information content (AvgIpc) is 3.33. The molecule has 2 aromatic heterocycles. The molecule has 0 N–H and O–H groups in total. The third kappa shape index (κ3) is 3.03. The summed E-state index contributed by atoms with van der Waals surface area (Å²) in [6, 6.07) is 8.26. The van der Waals surface area contributed by atoms with Crippen LogP contribution in [-0.4, -0.2) is 48.6 Å². The van der Waals surface area contributed by atoms with Gasteiger partial charge in [0.05, 0.1) is 24.8 Å². The number of pyridine rings is 1. The van der Waals surface area contributed by atoms with Crippen molar-refractivity contribution in [2.24, 2.45) is 0 Å². The second-order valence-electron chi connectivity index (χ2n) is 6.18. The minimum atomic E-state index is 0.0897. The zero-order valence-corrected chi connectivity index (χ0v) is 14.4. The maximum absolute atomic E-state index is 12.9. The Morgan fingerprint density at radius 2 is 2.08 bits per heavy atom. The smallest absolute Gasteiger partial charge is 0.255 e. The Kier molecular flexibility index (Phi) is 4.49. The van der Waals surface area contributed by atoms with Gasteiger partial charge in [-0.15, -0.1) is 11.3 Å². The van der Waals surface area contributed by atoms with E-state index < -0.39 is 0 Å². The molecule has 4 heterocycles. The van der Waals surface area contributed by atoms with Crippen LogP contribution < -0.4 is 4.90 Å². The fourth-order valence-corrected chi connectivity index (χ4v) is 4.32. The molecule has 1 unspecified atom stereocenters. The van der Waals surface area contributed by atoms with Crippen molar-refractivity contribution in [3.63, 3.8) is 0 Å². The highest BCUT2D eigenvalue weighted by molar-refractivity contribution is 7.10. The van der Waals surface area contributed by atoms with Gasteiger partial charge in [0.1, 0.15) is 5.82 Å². The molecular formula is C18H21N3O2S. The van der Waals surface area contributed by atoms with Gasteiger partial charge in [0.25, 0.3) is 5.91 Å². The van der Waals surface area contributed by atoms with Crippen LogP contribution in [0.4, 0.5) is 5.82 Å². The number of hydrogen-bond donors (Lipinski definition) is 0. The van der Waals surface area contributed by atoms with E-state index in [1.165, 1.54) is 4.88 Å². The van der Waals surface area contributed by atoms with Crippen LogP contribution in [0.1, 0.15) is 34.1 Å². The van der Waals surface area contributed by atoms with Crippen LogP contribution in [0.2, 0.25) is 0 Å². The van der Waals surface area contributed by atoms with E-state index in [1.807, 2.05) is 17.0 Å². The molecular weight excluding hydrogens is 322 g/mol. The number of morpholine rings is 1. The van der Waals surface area contributed by atoms with E-state index >= 15 is 0 Å². The molecule has 0 saturated carbocycles. The fraction of sp³-hybridized carbons (Fsp3) is 0.444. The van der Waals surface area contributed by atoms with E-state index in [-0.39, 0.29) is 11.9 Å². The Hall–Kier alpha value is -1.92. The summed E-state index contributed by atoms with van der Waals surface area (Å²) in [4.78, 5) is 22.9. The molecule has 5 nitrogen and oxygen atoms in total. The van der Waals surface area contributed by atoms with Gasteiger partial charge in [-0.25, -0.2) is 4.98 Å². The Morgan fingerprint density at radius 3 is 2.79 bits per heavy atom. The molecule has 4 rings (SSSR count). The van der Waals surface area contributed by atoms with Crippen molar-refractivity contribution in [3.05, 3.63) is 46.3 Å². The van der Waals surface area contributed by atoms with E-state index in [0.717, 1.165) is 51.5 Å². The lowest BCUT2D eigenvalue weighted by molar-refractivity contribution is 0.0737. The number of likely N-dealkylation sites (tertiary alicyclic amines) is 1. The Bertz CT molecular complexity index is 681. The number of nitrogens with zero attached hydrogens (tertiary/aromatic N) is 3. The predicted molar refractivity (Wildman–Crippen MR) is 94.6 cm³/mol. The number of hydrogen-bond acceptors (Lipinski definition) is 5. The number of ether oxygens (including phenoxy) is 1. The number of thiophene rings is 1. The van der Waals surface area contributed by atoms with Gasteiger partial charge in [0.2, 0.25) is 0 Å². The van der Waals surface area contributed by atoms with Crippen molar-refractivity contribution in [2.75, 3.05) is 37.7 Å². The summed E-state index contributed by atoms with van der Waals surface area (Å²) < 4.78 is 5.37. The van der Waals surface area contributed by atoms with E-state index in [9.17, 15) is 4.79 Å². The zero-order chi connectivity index (χ0) is 16.4. The molecule has 0 aliphatic carbocycles.